The van der Waals surface area contributed by atoms with Crippen molar-refractivity contribution in [2.45, 2.75) is 27.0 Å². The van der Waals surface area contributed by atoms with Crippen molar-refractivity contribution in [3.8, 4) is 11.5 Å². The first-order chi connectivity index (χ1) is 13.2. The van der Waals surface area contributed by atoms with E-state index in [2.05, 4.69) is 39.9 Å². The fourth-order valence-electron chi connectivity index (χ4n) is 2.50. The van der Waals surface area contributed by atoms with E-state index in [1.54, 1.807) is 14.2 Å². The molecule has 0 atom stereocenters. The smallest absolute Gasteiger partial charge is 0.195 e. The predicted octanol–water partition coefficient (Wildman–Crippen LogP) is 3.82. The first-order valence-corrected chi connectivity index (χ1v) is 9.14. The van der Waals surface area contributed by atoms with Gasteiger partial charge in [0, 0.05) is 32.0 Å². The number of nitrogens with one attached hydrogen (secondary N) is 2. The van der Waals surface area contributed by atoms with Gasteiger partial charge in [-0.2, -0.15) is 0 Å². The molecular formula is C21H29N3O3. The zero-order chi connectivity index (χ0) is 19.5. The Morgan fingerprint density at radius 2 is 1.70 bits per heavy atom. The zero-order valence-electron chi connectivity index (χ0n) is 16.5. The molecule has 0 saturated carbocycles. The summed E-state index contributed by atoms with van der Waals surface area (Å²) in [6, 6.07) is 14.1. The van der Waals surface area contributed by atoms with E-state index in [0.29, 0.717) is 37.2 Å². The van der Waals surface area contributed by atoms with Gasteiger partial charge in [-0.05, 0) is 37.1 Å². The number of methoxy groups -OCH3 is 1. The number of benzene rings is 2. The van der Waals surface area contributed by atoms with E-state index in [4.69, 9.17) is 14.2 Å². The monoisotopic (exact) mass is 371 g/mol. The Balaban J connectivity index is 1.95. The van der Waals surface area contributed by atoms with E-state index in [-0.39, 0.29) is 0 Å². The fraction of sp³-hybridized carbons (Fsp3) is 0.381. The molecule has 0 aliphatic carbocycles. The second-order valence-corrected chi connectivity index (χ2v) is 5.80. The molecule has 0 spiro atoms. The average molecular weight is 371 g/mol. The Bertz CT molecular complexity index is 730. The highest BCUT2D eigenvalue weighted by Gasteiger charge is 2.07. The lowest BCUT2D eigenvalue weighted by Gasteiger charge is -2.15. The summed E-state index contributed by atoms with van der Waals surface area (Å²) >= 11 is 0. The van der Waals surface area contributed by atoms with Crippen LogP contribution in [0, 0.1) is 0 Å². The van der Waals surface area contributed by atoms with Crippen LogP contribution in [0.15, 0.2) is 47.5 Å². The third-order valence-electron chi connectivity index (χ3n) is 3.91. The molecule has 6 heteroatoms. The van der Waals surface area contributed by atoms with Gasteiger partial charge in [0.15, 0.2) is 17.5 Å². The van der Waals surface area contributed by atoms with Gasteiger partial charge in [0.2, 0.25) is 0 Å². The number of ether oxygens (including phenoxy) is 3. The molecule has 0 aromatic heterocycles. The number of anilines is 1. The molecule has 2 N–H and O–H groups in total. The Hall–Kier alpha value is -2.73. The van der Waals surface area contributed by atoms with Gasteiger partial charge in [0.25, 0.3) is 0 Å². The molecule has 0 saturated heterocycles. The minimum absolute atomic E-state index is 0.575. The van der Waals surface area contributed by atoms with Crippen molar-refractivity contribution >= 4 is 11.6 Å². The van der Waals surface area contributed by atoms with Gasteiger partial charge in [0.1, 0.15) is 0 Å². The maximum Gasteiger partial charge on any atom is 0.195 e. The lowest BCUT2D eigenvalue weighted by molar-refractivity contribution is 0.134. The molecule has 0 aliphatic heterocycles. The van der Waals surface area contributed by atoms with Crippen molar-refractivity contribution in [2.24, 2.45) is 4.99 Å². The van der Waals surface area contributed by atoms with E-state index in [1.807, 2.05) is 32.0 Å². The molecule has 6 nitrogen and oxygen atoms in total. The standard InChI is InChI=1S/C21H29N3O3/c1-5-26-15-17-9-7-16(8-10-17)14-23-21(22-3)24-18-11-12-19(25-4)20(13-18)27-6-2/h7-13H,5-6,14-15H2,1-4H3,(H2,22,23,24). The highest BCUT2D eigenvalue weighted by Crippen LogP contribution is 2.30. The molecule has 0 amide bonds. The third kappa shape index (κ3) is 6.49. The van der Waals surface area contributed by atoms with Gasteiger partial charge in [0.05, 0.1) is 20.3 Å². The quantitative estimate of drug-likeness (QED) is 0.518. The maximum atomic E-state index is 5.62. The number of hydrogen-bond acceptors (Lipinski definition) is 4. The van der Waals surface area contributed by atoms with Gasteiger partial charge in [-0.25, -0.2) is 0 Å². The van der Waals surface area contributed by atoms with E-state index in [0.717, 1.165) is 12.3 Å². The number of hydrogen-bond donors (Lipinski definition) is 2. The molecule has 2 rings (SSSR count). The third-order valence-corrected chi connectivity index (χ3v) is 3.91. The Morgan fingerprint density at radius 1 is 0.963 bits per heavy atom. The van der Waals surface area contributed by atoms with Gasteiger partial charge in [-0.1, -0.05) is 24.3 Å². The van der Waals surface area contributed by atoms with Crippen LogP contribution in [0.3, 0.4) is 0 Å². The van der Waals surface area contributed by atoms with Crippen molar-refractivity contribution in [3.63, 3.8) is 0 Å². The predicted molar refractivity (Wildman–Crippen MR) is 110 cm³/mol. The molecule has 0 radical (unpaired) electrons. The fourth-order valence-corrected chi connectivity index (χ4v) is 2.50. The normalized spacial score (nSPS) is 11.2. The molecule has 0 fully saturated rings. The first-order valence-electron chi connectivity index (χ1n) is 9.14. The summed E-state index contributed by atoms with van der Waals surface area (Å²) in [5, 5.41) is 6.58. The summed E-state index contributed by atoms with van der Waals surface area (Å²) in [4.78, 5) is 4.28. The van der Waals surface area contributed by atoms with Crippen LogP contribution in [0.25, 0.3) is 0 Å². The van der Waals surface area contributed by atoms with E-state index in [1.165, 1.54) is 11.1 Å². The largest absolute Gasteiger partial charge is 0.493 e. The maximum absolute atomic E-state index is 5.62. The van der Waals surface area contributed by atoms with Crippen LogP contribution in [-0.4, -0.2) is 33.3 Å². The van der Waals surface area contributed by atoms with Crippen LogP contribution >= 0.6 is 0 Å². The van der Waals surface area contributed by atoms with E-state index < -0.39 is 0 Å². The summed E-state index contributed by atoms with van der Waals surface area (Å²) < 4.78 is 16.4. The van der Waals surface area contributed by atoms with Crippen LogP contribution in [0.2, 0.25) is 0 Å². The lowest BCUT2D eigenvalue weighted by Crippen LogP contribution is -2.30. The van der Waals surface area contributed by atoms with Crippen LogP contribution < -0.4 is 20.1 Å². The Labute approximate surface area is 161 Å². The van der Waals surface area contributed by atoms with Crippen LogP contribution in [0.4, 0.5) is 5.69 Å². The first kappa shape index (κ1) is 20.6. The zero-order valence-corrected chi connectivity index (χ0v) is 16.5. The van der Waals surface area contributed by atoms with Crippen molar-refractivity contribution in [3.05, 3.63) is 53.6 Å². The topological polar surface area (TPSA) is 64.1 Å². The molecule has 0 unspecified atom stereocenters. The molecule has 0 bridgehead atoms. The highest BCUT2D eigenvalue weighted by molar-refractivity contribution is 5.93. The van der Waals surface area contributed by atoms with E-state index >= 15 is 0 Å². The van der Waals surface area contributed by atoms with Crippen LogP contribution in [0.5, 0.6) is 11.5 Å². The summed E-state index contributed by atoms with van der Waals surface area (Å²) in [6.45, 7) is 6.56. The number of aliphatic imine (C=N–C) groups is 1. The summed E-state index contributed by atoms with van der Waals surface area (Å²) in [5.74, 6) is 2.09. The minimum atomic E-state index is 0.575. The molecule has 146 valence electrons. The van der Waals surface area contributed by atoms with Crippen LogP contribution in [-0.2, 0) is 17.9 Å². The number of guanidine groups is 1. The lowest BCUT2D eigenvalue weighted by atomic mass is 10.1. The van der Waals surface area contributed by atoms with Crippen LogP contribution in [0.1, 0.15) is 25.0 Å². The molecule has 2 aromatic rings. The van der Waals surface area contributed by atoms with Crippen molar-refractivity contribution < 1.29 is 14.2 Å². The van der Waals surface area contributed by atoms with Gasteiger partial charge in [-0.3, -0.25) is 4.99 Å². The number of nitrogens with zero attached hydrogens (tertiary/aromatic N) is 1. The van der Waals surface area contributed by atoms with Crippen molar-refractivity contribution in [2.75, 3.05) is 32.7 Å². The second kappa shape index (κ2) is 11.1. The SMILES string of the molecule is CCOCc1ccc(CNC(=NC)Nc2ccc(OC)c(OCC)c2)cc1. The molecule has 2 aromatic carbocycles. The Kier molecular flexibility index (Phi) is 8.45. The second-order valence-electron chi connectivity index (χ2n) is 5.80. The average Bonchev–Trinajstić information content (AvgIpc) is 2.70. The van der Waals surface area contributed by atoms with Gasteiger partial charge < -0.3 is 24.8 Å². The van der Waals surface area contributed by atoms with Crippen molar-refractivity contribution in [1.29, 1.82) is 0 Å². The number of rotatable bonds is 9. The Morgan fingerprint density at radius 3 is 2.33 bits per heavy atom. The molecule has 0 heterocycles. The highest BCUT2D eigenvalue weighted by atomic mass is 16.5. The van der Waals surface area contributed by atoms with Gasteiger partial charge >= 0.3 is 0 Å². The van der Waals surface area contributed by atoms with Crippen molar-refractivity contribution in [1.82, 2.24) is 5.32 Å². The minimum Gasteiger partial charge on any atom is -0.493 e. The summed E-state index contributed by atoms with van der Waals surface area (Å²) in [5.41, 5.74) is 3.21. The summed E-state index contributed by atoms with van der Waals surface area (Å²) in [6.07, 6.45) is 0. The van der Waals surface area contributed by atoms with E-state index in [9.17, 15) is 0 Å². The summed E-state index contributed by atoms with van der Waals surface area (Å²) in [7, 11) is 3.37. The molecular weight excluding hydrogens is 342 g/mol. The molecule has 0 aliphatic rings. The van der Waals surface area contributed by atoms with Gasteiger partial charge in [-0.15, -0.1) is 0 Å². The molecule has 27 heavy (non-hydrogen) atoms.